The second-order valence-corrected chi connectivity index (χ2v) is 9.11. The van der Waals surface area contributed by atoms with E-state index >= 15 is 0 Å². The first-order valence-electron chi connectivity index (χ1n) is 10.9. The third kappa shape index (κ3) is 4.41. The number of carbonyl (C=O) groups excluding carboxylic acids is 1. The Labute approximate surface area is 202 Å². The van der Waals surface area contributed by atoms with Crippen LogP contribution < -0.4 is 14.4 Å². The molecule has 8 heteroatoms. The fraction of sp³-hybridized carbons (Fsp3) is 0.231. The summed E-state index contributed by atoms with van der Waals surface area (Å²) in [6.07, 6.45) is 3.67. The van der Waals surface area contributed by atoms with Crippen molar-refractivity contribution in [2.45, 2.75) is 18.0 Å². The Balaban J connectivity index is 1.53. The number of ether oxygens (including phenoxy) is 2. The van der Waals surface area contributed by atoms with Crippen LogP contribution in [0.25, 0.3) is 10.9 Å². The standard InChI is InChI=1S/C26H25N3O4S/c1-28(2)25-19(11-17-6-8-21(34-3)13-22(17)27-25)14-29(15-20-5-4-10-31-20)26(30)18-7-9-23-24(12-18)33-16-32-23/h4-13H,14-16H2,1-3H3. The van der Waals surface area contributed by atoms with Crippen molar-refractivity contribution in [3.8, 4) is 11.5 Å². The predicted molar refractivity (Wildman–Crippen MR) is 133 cm³/mol. The first kappa shape index (κ1) is 22.2. The molecule has 2 aromatic heterocycles. The lowest BCUT2D eigenvalue weighted by Crippen LogP contribution is -2.31. The zero-order chi connectivity index (χ0) is 23.7. The number of furan rings is 1. The molecular formula is C26H25N3O4S. The highest BCUT2D eigenvalue weighted by Crippen LogP contribution is 2.33. The lowest BCUT2D eigenvalue weighted by atomic mass is 10.1. The summed E-state index contributed by atoms with van der Waals surface area (Å²) in [6.45, 7) is 0.863. The molecule has 1 amide bonds. The van der Waals surface area contributed by atoms with Crippen LogP contribution in [0.3, 0.4) is 0 Å². The van der Waals surface area contributed by atoms with Crippen LogP contribution in [0.2, 0.25) is 0 Å². The topological polar surface area (TPSA) is 68.0 Å². The molecule has 0 saturated carbocycles. The summed E-state index contributed by atoms with van der Waals surface area (Å²) in [5.41, 5.74) is 2.41. The first-order valence-corrected chi connectivity index (χ1v) is 12.1. The summed E-state index contributed by atoms with van der Waals surface area (Å²) >= 11 is 1.69. The number of rotatable bonds is 7. The van der Waals surface area contributed by atoms with Crippen molar-refractivity contribution in [2.75, 3.05) is 32.0 Å². The van der Waals surface area contributed by atoms with E-state index in [1.807, 2.05) is 31.1 Å². The quantitative estimate of drug-likeness (QED) is 0.341. The van der Waals surface area contributed by atoms with E-state index in [0.717, 1.165) is 27.2 Å². The van der Waals surface area contributed by atoms with Gasteiger partial charge in [0.2, 0.25) is 6.79 Å². The van der Waals surface area contributed by atoms with E-state index in [4.69, 9.17) is 18.9 Å². The SMILES string of the molecule is CSc1ccc2cc(CN(Cc3ccco3)C(=O)c3ccc4c(c3)OCO4)c(N(C)C)nc2c1. The Morgan fingerprint density at radius 3 is 2.65 bits per heavy atom. The normalized spacial score (nSPS) is 12.2. The number of pyridine rings is 1. The van der Waals surface area contributed by atoms with Crippen LogP contribution in [0.15, 0.2) is 70.2 Å². The summed E-state index contributed by atoms with van der Waals surface area (Å²) in [6, 6.07) is 17.3. The van der Waals surface area contributed by atoms with Crippen LogP contribution in [-0.2, 0) is 13.1 Å². The van der Waals surface area contributed by atoms with Crippen LogP contribution >= 0.6 is 11.8 Å². The molecule has 34 heavy (non-hydrogen) atoms. The highest BCUT2D eigenvalue weighted by atomic mass is 32.2. The number of anilines is 1. The van der Waals surface area contributed by atoms with Gasteiger partial charge < -0.3 is 23.7 Å². The van der Waals surface area contributed by atoms with Crippen LogP contribution in [0.1, 0.15) is 21.7 Å². The summed E-state index contributed by atoms with van der Waals surface area (Å²) in [5, 5.41) is 1.03. The summed E-state index contributed by atoms with van der Waals surface area (Å²) in [5.74, 6) is 2.63. The maximum Gasteiger partial charge on any atom is 0.254 e. The van der Waals surface area contributed by atoms with E-state index in [0.29, 0.717) is 35.9 Å². The van der Waals surface area contributed by atoms with Gasteiger partial charge in [-0.25, -0.2) is 4.98 Å². The second-order valence-electron chi connectivity index (χ2n) is 8.23. The number of nitrogens with zero attached hydrogens (tertiary/aromatic N) is 3. The molecule has 1 aliphatic heterocycles. The van der Waals surface area contributed by atoms with Crippen LogP contribution in [0, 0.1) is 0 Å². The average molecular weight is 476 g/mol. The highest BCUT2D eigenvalue weighted by molar-refractivity contribution is 7.98. The fourth-order valence-corrected chi connectivity index (χ4v) is 4.45. The molecular weight excluding hydrogens is 450 g/mol. The third-order valence-corrected chi connectivity index (χ3v) is 6.42. The van der Waals surface area contributed by atoms with Gasteiger partial charge in [0.05, 0.1) is 24.9 Å². The maximum absolute atomic E-state index is 13.7. The van der Waals surface area contributed by atoms with Crippen molar-refractivity contribution in [1.29, 1.82) is 0 Å². The number of hydrogen-bond donors (Lipinski definition) is 0. The van der Waals surface area contributed by atoms with Crippen molar-refractivity contribution in [2.24, 2.45) is 0 Å². The van der Waals surface area contributed by atoms with Gasteiger partial charge in [-0.05, 0) is 54.8 Å². The van der Waals surface area contributed by atoms with Gasteiger partial charge in [0.15, 0.2) is 11.5 Å². The van der Waals surface area contributed by atoms with Gasteiger partial charge in [0.1, 0.15) is 11.6 Å². The molecule has 0 N–H and O–H groups in total. The Morgan fingerprint density at radius 1 is 1.03 bits per heavy atom. The minimum atomic E-state index is -0.128. The number of benzene rings is 2. The van der Waals surface area contributed by atoms with E-state index in [1.54, 1.807) is 41.1 Å². The monoisotopic (exact) mass is 475 g/mol. The Bertz CT molecular complexity index is 1340. The molecule has 0 radical (unpaired) electrons. The molecule has 0 fully saturated rings. The number of fused-ring (bicyclic) bond motifs is 2. The zero-order valence-electron chi connectivity index (χ0n) is 19.3. The number of aromatic nitrogens is 1. The van der Waals surface area contributed by atoms with Crippen molar-refractivity contribution in [1.82, 2.24) is 9.88 Å². The smallest absolute Gasteiger partial charge is 0.254 e. The first-order chi connectivity index (χ1) is 16.5. The van der Waals surface area contributed by atoms with Gasteiger partial charge in [-0.15, -0.1) is 11.8 Å². The van der Waals surface area contributed by atoms with Crippen molar-refractivity contribution in [3.05, 3.63) is 77.7 Å². The minimum absolute atomic E-state index is 0.128. The predicted octanol–water partition coefficient (Wildman–Crippen LogP) is 5.19. The summed E-state index contributed by atoms with van der Waals surface area (Å²) < 4.78 is 16.4. The van der Waals surface area contributed by atoms with E-state index in [9.17, 15) is 4.79 Å². The average Bonchev–Trinajstić information content (AvgIpc) is 3.53. The van der Waals surface area contributed by atoms with Gasteiger partial charge in [-0.2, -0.15) is 0 Å². The molecule has 0 saturated heterocycles. The van der Waals surface area contributed by atoms with Crippen molar-refractivity contribution >= 4 is 34.4 Å². The van der Waals surface area contributed by atoms with E-state index in [2.05, 4.69) is 30.5 Å². The molecule has 0 atom stereocenters. The number of carbonyl (C=O) groups is 1. The Kier molecular flexibility index (Phi) is 6.06. The summed E-state index contributed by atoms with van der Waals surface area (Å²) in [4.78, 5) is 23.5. The zero-order valence-corrected chi connectivity index (χ0v) is 20.1. The maximum atomic E-state index is 13.7. The lowest BCUT2D eigenvalue weighted by molar-refractivity contribution is 0.0717. The molecule has 7 nitrogen and oxygen atoms in total. The molecule has 4 aromatic rings. The van der Waals surface area contributed by atoms with Crippen LogP contribution in [0.4, 0.5) is 5.82 Å². The molecule has 174 valence electrons. The number of amides is 1. The van der Waals surface area contributed by atoms with Crippen LogP contribution in [0.5, 0.6) is 11.5 Å². The fourth-order valence-electron chi connectivity index (χ4n) is 4.02. The second kappa shape index (κ2) is 9.30. The Hall–Kier alpha value is -3.65. The molecule has 1 aliphatic rings. The molecule has 5 rings (SSSR count). The largest absolute Gasteiger partial charge is 0.467 e. The summed E-state index contributed by atoms with van der Waals surface area (Å²) in [7, 11) is 3.93. The molecule has 3 heterocycles. The third-order valence-electron chi connectivity index (χ3n) is 5.70. The molecule has 0 aliphatic carbocycles. The molecule has 2 aromatic carbocycles. The molecule has 0 unspecified atom stereocenters. The van der Waals surface area contributed by atoms with Gasteiger partial charge in [-0.1, -0.05) is 6.07 Å². The van der Waals surface area contributed by atoms with E-state index in [-0.39, 0.29) is 12.7 Å². The van der Waals surface area contributed by atoms with E-state index < -0.39 is 0 Å². The van der Waals surface area contributed by atoms with Crippen molar-refractivity contribution < 1.29 is 18.7 Å². The molecule has 0 bridgehead atoms. The lowest BCUT2D eigenvalue weighted by Gasteiger charge is -2.25. The van der Waals surface area contributed by atoms with Gasteiger partial charge in [-0.3, -0.25) is 4.79 Å². The highest BCUT2D eigenvalue weighted by Gasteiger charge is 2.23. The Morgan fingerprint density at radius 2 is 1.88 bits per heavy atom. The van der Waals surface area contributed by atoms with Crippen molar-refractivity contribution in [3.63, 3.8) is 0 Å². The number of hydrogen-bond acceptors (Lipinski definition) is 7. The molecule has 0 spiro atoms. The minimum Gasteiger partial charge on any atom is -0.467 e. The van der Waals surface area contributed by atoms with Crippen LogP contribution in [-0.4, -0.2) is 42.9 Å². The van der Waals surface area contributed by atoms with Gasteiger partial charge in [0, 0.05) is 35.5 Å². The number of thioether (sulfide) groups is 1. The van der Waals surface area contributed by atoms with Gasteiger partial charge in [0.25, 0.3) is 5.91 Å². The van der Waals surface area contributed by atoms with E-state index in [1.165, 1.54) is 0 Å². The van der Waals surface area contributed by atoms with Gasteiger partial charge >= 0.3 is 0 Å².